The Balaban J connectivity index is 1.26. The Morgan fingerprint density at radius 1 is 1.08 bits per heavy atom. The number of nitrogen functional groups attached to an aromatic ring is 1. The summed E-state index contributed by atoms with van der Waals surface area (Å²) in [5.41, 5.74) is 7.32. The molecule has 2 aliphatic rings. The maximum absolute atomic E-state index is 13.1. The van der Waals surface area contributed by atoms with Crippen molar-refractivity contribution in [3.8, 4) is 5.75 Å². The second-order valence-corrected chi connectivity index (χ2v) is 8.39. The number of nitrogens with two attached hydrogens (primary N) is 1. The third-order valence-electron chi connectivity index (χ3n) is 6.09. The van der Waals surface area contributed by atoms with Crippen LogP contribution in [0.3, 0.4) is 0 Å². The van der Waals surface area contributed by atoms with Crippen molar-refractivity contribution in [2.45, 2.75) is 18.9 Å². The summed E-state index contributed by atoms with van der Waals surface area (Å²) in [5.74, 6) is -2.16. The third-order valence-corrected chi connectivity index (χ3v) is 6.09. The smallest absolute Gasteiger partial charge is 0.264 e. The standard InChI is InChI=1S/C25H27N5O7/c1-36-18-7-3-5-15(21(18)26)22(32)28-11-13-37-12-10-27-16-6-2-4-14-20(16)25(35)30(24(14)34)17-8-9-19(31)29-23(17)33/h2-7,17,27H,8-13,26H2,1H3,(H,28,32)(H,29,31,33). The predicted molar refractivity (Wildman–Crippen MR) is 132 cm³/mol. The molecule has 5 N–H and O–H groups in total. The molecule has 1 unspecified atom stereocenters. The van der Waals surface area contributed by atoms with Crippen LogP contribution in [0.25, 0.3) is 0 Å². The number of fused-ring (bicyclic) bond motifs is 1. The van der Waals surface area contributed by atoms with Crippen LogP contribution in [0.2, 0.25) is 0 Å². The number of imide groups is 2. The molecular formula is C25H27N5O7. The second kappa shape index (κ2) is 11.1. The van der Waals surface area contributed by atoms with Crippen LogP contribution in [-0.4, -0.2) is 73.9 Å². The molecule has 1 atom stereocenters. The molecule has 2 heterocycles. The molecule has 12 heteroatoms. The quantitative estimate of drug-likeness (QED) is 0.203. The molecule has 1 fully saturated rings. The van der Waals surface area contributed by atoms with Gasteiger partial charge in [-0.05, 0) is 30.7 Å². The number of carbonyl (C=O) groups excluding carboxylic acids is 5. The number of methoxy groups -OCH3 is 1. The molecule has 0 bridgehead atoms. The van der Waals surface area contributed by atoms with Gasteiger partial charge in [-0.3, -0.25) is 34.2 Å². The first kappa shape index (κ1) is 25.6. The van der Waals surface area contributed by atoms with Gasteiger partial charge in [0.1, 0.15) is 11.8 Å². The highest BCUT2D eigenvalue weighted by atomic mass is 16.5. The van der Waals surface area contributed by atoms with Gasteiger partial charge < -0.3 is 25.8 Å². The number of ether oxygens (including phenoxy) is 2. The number of rotatable bonds is 10. The summed E-state index contributed by atoms with van der Waals surface area (Å²) in [7, 11) is 1.47. The van der Waals surface area contributed by atoms with Crippen LogP contribution >= 0.6 is 0 Å². The molecule has 0 aliphatic carbocycles. The Hall–Kier alpha value is -4.45. The van der Waals surface area contributed by atoms with Crippen LogP contribution < -0.4 is 26.4 Å². The number of amides is 5. The monoisotopic (exact) mass is 509 g/mol. The van der Waals surface area contributed by atoms with E-state index in [1.807, 2.05) is 0 Å². The van der Waals surface area contributed by atoms with Crippen molar-refractivity contribution in [1.29, 1.82) is 0 Å². The van der Waals surface area contributed by atoms with Gasteiger partial charge >= 0.3 is 0 Å². The van der Waals surface area contributed by atoms with Crippen molar-refractivity contribution >= 4 is 40.9 Å². The topological polar surface area (TPSA) is 169 Å². The average molecular weight is 510 g/mol. The lowest BCUT2D eigenvalue weighted by Crippen LogP contribution is -2.54. The van der Waals surface area contributed by atoms with Crippen LogP contribution in [0.15, 0.2) is 36.4 Å². The minimum atomic E-state index is -1.02. The zero-order chi connectivity index (χ0) is 26.5. The van der Waals surface area contributed by atoms with Gasteiger partial charge in [-0.25, -0.2) is 0 Å². The van der Waals surface area contributed by atoms with Gasteiger partial charge in [-0.15, -0.1) is 0 Å². The summed E-state index contributed by atoms with van der Waals surface area (Å²) in [5, 5.41) is 7.99. The van der Waals surface area contributed by atoms with Gasteiger partial charge in [-0.1, -0.05) is 12.1 Å². The molecule has 1 saturated heterocycles. The van der Waals surface area contributed by atoms with Crippen molar-refractivity contribution < 1.29 is 33.4 Å². The lowest BCUT2D eigenvalue weighted by molar-refractivity contribution is -0.136. The molecule has 0 radical (unpaired) electrons. The molecule has 4 rings (SSSR count). The normalized spacial score (nSPS) is 16.9. The number of nitrogens with zero attached hydrogens (tertiary/aromatic N) is 1. The number of para-hydroxylation sites is 1. The van der Waals surface area contributed by atoms with E-state index in [4.69, 9.17) is 15.2 Å². The van der Waals surface area contributed by atoms with E-state index >= 15 is 0 Å². The molecule has 0 aromatic heterocycles. The molecule has 2 aliphatic heterocycles. The van der Waals surface area contributed by atoms with Gasteiger partial charge in [-0.2, -0.15) is 0 Å². The molecule has 5 amide bonds. The van der Waals surface area contributed by atoms with Gasteiger partial charge in [0.15, 0.2) is 0 Å². The Labute approximate surface area is 212 Å². The summed E-state index contributed by atoms with van der Waals surface area (Å²) in [6.07, 6.45) is 0.146. The Morgan fingerprint density at radius 2 is 1.84 bits per heavy atom. The highest BCUT2D eigenvalue weighted by Gasteiger charge is 2.45. The first-order chi connectivity index (χ1) is 17.8. The fourth-order valence-electron chi connectivity index (χ4n) is 4.27. The van der Waals surface area contributed by atoms with Crippen LogP contribution in [0.1, 0.15) is 43.9 Å². The van der Waals surface area contributed by atoms with Crippen molar-refractivity contribution in [2.75, 3.05) is 44.5 Å². The second-order valence-electron chi connectivity index (χ2n) is 8.39. The molecular weight excluding hydrogens is 482 g/mol. The van der Waals surface area contributed by atoms with Crippen LogP contribution in [0, 0.1) is 0 Å². The Morgan fingerprint density at radius 3 is 2.59 bits per heavy atom. The van der Waals surface area contributed by atoms with E-state index in [1.54, 1.807) is 30.3 Å². The van der Waals surface area contributed by atoms with Gasteiger partial charge in [0.2, 0.25) is 11.8 Å². The minimum Gasteiger partial charge on any atom is -0.495 e. The van der Waals surface area contributed by atoms with Crippen LogP contribution in [0.4, 0.5) is 11.4 Å². The minimum absolute atomic E-state index is 0.0552. The van der Waals surface area contributed by atoms with Crippen molar-refractivity contribution in [1.82, 2.24) is 15.5 Å². The molecule has 0 saturated carbocycles. The largest absolute Gasteiger partial charge is 0.495 e. The van der Waals surface area contributed by atoms with E-state index in [-0.39, 0.29) is 55.3 Å². The van der Waals surface area contributed by atoms with E-state index in [1.165, 1.54) is 13.2 Å². The van der Waals surface area contributed by atoms with Gasteiger partial charge in [0, 0.05) is 25.2 Å². The zero-order valence-corrected chi connectivity index (χ0v) is 20.2. The SMILES string of the molecule is COc1cccc(C(=O)NCCOCCNc2cccc3c2C(=O)N(C2CCC(=O)NC2=O)C3=O)c1N. The van der Waals surface area contributed by atoms with Crippen LogP contribution in [0.5, 0.6) is 5.75 Å². The fourth-order valence-corrected chi connectivity index (χ4v) is 4.27. The molecule has 0 spiro atoms. The lowest BCUT2D eigenvalue weighted by Gasteiger charge is -2.27. The van der Waals surface area contributed by atoms with E-state index in [9.17, 15) is 24.0 Å². The summed E-state index contributed by atoms with van der Waals surface area (Å²) >= 11 is 0. The summed E-state index contributed by atoms with van der Waals surface area (Å²) in [6.45, 7) is 1.09. The van der Waals surface area contributed by atoms with Crippen LogP contribution in [-0.2, 0) is 14.3 Å². The summed E-state index contributed by atoms with van der Waals surface area (Å²) in [4.78, 5) is 62.9. The van der Waals surface area contributed by atoms with E-state index in [0.717, 1.165) is 4.90 Å². The summed E-state index contributed by atoms with van der Waals surface area (Å²) in [6, 6.07) is 8.75. The Bertz CT molecular complexity index is 1260. The molecule has 194 valence electrons. The highest BCUT2D eigenvalue weighted by molar-refractivity contribution is 6.25. The first-order valence-corrected chi connectivity index (χ1v) is 11.7. The maximum Gasteiger partial charge on any atom is 0.264 e. The number of anilines is 2. The lowest BCUT2D eigenvalue weighted by atomic mass is 10.0. The zero-order valence-electron chi connectivity index (χ0n) is 20.2. The number of hydrogen-bond donors (Lipinski definition) is 4. The highest BCUT2D eigenvalue weighted by Crippen LogP contribution is 2.32. The van der Waals surface area contributed by atoms with Gasteiger partial charge in [0.05, 0.1) is 42.7 Å². The molecule has 2 aromatic carbocycles. The first-order valence-electron chi connectivity index (χ1n) is 11.7. The number of benzene rings is 2. The maximum atomic E-state index is 13.1. The molecule has 2 aromatic rings. The number of hydrogen-bond acceptors (Lipinski definition) is 9. The van der Waals surface area contributed by atoms with Gasteiger partial charge in [0.25, 0.3) is 17.7 Å². The van der Waals surface area contributed by atoms with E-state index in [2.05, 4.69) is 16.0 Å². The number of carbonyl (C=O) groups is 5. The van der Waals surface area contributed by atoms with Crippen molar-refractivity contribution in [3.05, 3.63) is 53.1 Å². The van der Waals surface area contributed by atoms with Crippen molar-refractivity contribution in [2.24, 2.45) is 0 Å². The number of piperidine rings is 1. The van der Waals surface area contributed by atoms with E-state index in [0.29, 0.717) is 23.5 Å². The van der Waals surface area contributed by atoms with E-state index < -0.39 is 29.7 Å². The fraction of sp³-hybridized carbons (Fsp3) is 0.320. The third kappa shape index (κ3) is 5.23. The molecule has 12 nitrogen and oxygen atoms in total. The predicted octanol–water partition coefficient (Wildman–Crippen LogP) is 0.537. The van der Waals surface area contributed by atoms with Crippen molar-refractivity contribution in [3.63, 3.8) is 0 Å². The summed E-state index contributed by atoms with van der Waals surface area (Å²) < 4.78 is 10.7. The number of nitrogens with one attached hydrogen (secondary N) is 3. The Kier molecular flexibility index (Phi) is 7.68. The average Bonchev–Trinajstić information content (AvgIpc) is 3.14. The molecule has 37 heavy (non-hydrogen) atoms.